The van der Waals surface area contributed by atoms with Crippen LogP contribution < -0.4 is 0 Å². The van der Waals surface area contributed by atoms with E-state index in [1.54, 1.807) is 0 Å². The van der Waals surface area contributed by atoms with Crippen LogP contribution in [0.2, 0.25) is 0 Å². The van der Waals surface area contributed by atoms with Gasteiger partial charge in [-0.2, -0.15) is 0 Å². The summed E-state index contributed by atoms with van der Waals surface area (Å²) in [4.78, 5) is 0. The Balaban J connectivity index is 2.86. The summed E-state index contributed by atoms with van der Waals surface area (Å²) in [6.07, 6.45) is 17.3. The van der Waals surface area contributed by atoms with Crippen molar-refractivity contribution in [2.45, 2.75) is 162 Å². The monoisotopic (exact) mass is 454 g/mol. The lowest BCUT2D eigenvalue weighted by atomic mass is 9.67. The lowest BCUT2D eigenvalue weighted by Crippen LogP contribution is -2.71. The molecule has 4 heteroatoms. The van der Waals surface area contributed by atoms with Crippen molar-refractivity contribution in [1.82, 2.24) is 5.06 Å². The van der Waals surface area contributed by atoms with Crippen molar-refractivity contribution in [3.05, 3.63) is 0 Å². The maximum Gasteiger partial charge on any atom is 0.174 e. The van der Waals surface area contributed by atoms with Gasteiger partial charge in [0.15, 0.2) is 5.79 Å². The van der Waals surface area contributed by atoms with E-state index in [0.717, 1.165) is 38.9 Å². The minimum atomic E-state index is -0.663. The third-order valence-corrected chi connectivity index (χ3v) is 8.34. The van der Waals surface area contributed by atoms with E-state index in [2.05, 4.69) is 48.5 Å². The van der Waals surface area contributed by atoms with Gasteiger partial charge >= 0.3 is 0 Å². The lowest BCUT2D eigenvalue weighted by molar-refractivity contribution is -0.392. The van der Waals surface area contributed by atoms with Gasteiger partial charge in [0.2, 0.25) is 0 Å². The van der Waals surface area contributed by atoms with Crippen LogP contribution >= 0.6 is 0 Å². The van der Waals surface area contributed by atoms with Crippen LogP contribution in [0.5, 0.6) is 0 Å². The van der Waals surface area contributed by atoms with Crippen LogP contribution in [0, 0.1) is 5.92 Å². The molecule has 0 bridgehead atoms. The second kappa shape index (κ2) is 15.0. The summed E-state index contributed by atoms with van der Waals surface area (Å²) in [5.74, 6) is -0.638. The number of piperidine rings is 1. The van der Waals surface area contributed by atoms with E-state index in [1.807, 2.05) is 0 Å². The average Bonchev–Trinajstić information content (AvgIpc) is 2.80. The Bertz CT molecular complexity index is 467. The molecule has 32 heavy (non-hydrogen) atoms. The molecule has 3 atom stereocenters. The molecule has 0 aromatic heterocycles. The molecule has 0 aromatic rings. The van der Waals surface area contributed by atoms with E-state index >= 15 is 0 Å². The highest BCUT2D eigenvalue weighted by atomic mass is 16.7. The van der Waals surface area contributed by atoms with Crippen LogP contribution in [0.25, 0.3) is 0 Å². The van der Waals surface area contributed by atoms with Crippen LogP contribution in [0.15, 0.2) is 0 Å². The Morgan fingerprint density at radius 2 is 1.16 bits per heavy atom. The predicted molar refractivity (Wildman–Crippen MR) is 135 cm³/mol. The largest absolute Gasteiger partial charge is 0.349 e. The van der Waals surface area contributed by atoms with E-state index in [0.29, 0.717) is 6.42 Å². The maximum atomic E-state index is 13.5. The van der Waals surface area contributed by atoms with Gasteiger partial charge in [-0.25, -0.2) is 0 Å². The fourth-order valence-electron chi connectivity index (χ4n) is 5.39. The normalized spacial score (nSPS) is 28.3. The third kappa shape index (κ3) is 7.96. The highest BCUT2D eigenvalue weighted by Gasteiger charge is 2.61. The van der Waals surface area contributed by atoms with E-state index in [1.165, 1.54) is 69.3 Å². The molecule has 0 amide bonds. The van der Waals surface area contributed by atoms with Crippen molar-refractivity contribution in [3.63, 3.8) is 0 Å². The van der Waals surface area contributed by atoms with Crippen LogP contribution in [-0.4, -0.2) is 35.1 Å². The van der Waals surface area contributed by atoms with Gasteiger partial charge in [0.25, 0.3) is 0 Å². The molecular formula is C28H56NO3. The minimum Gasteiger partial charge on any atom is -0.349 e. The van der Waals surface area contributed by atoms with Crippen molar-refractivity contribution in [2.24, 2.45) is 5.92 Å². The summed E-state index contributed by atoms with van der Waals surface area (Å²) in [6, 6.07) is 0. The Hall–Kier alpha value is -0.160. The molecular weight excluding hydrogens is 398 g/mol. The van der Waals surface area contributed by atoms with Crippen LogP contribution in [-0.2, 0) is 14.7 Å². The summed E-state index contributed by atoms with van der Waals surface area (Å²) in [5, 5.41) is 14.9. The quantitative estimate of drug-likeness (QED) is 0.154. The first-order chi connectivity index (χ1) is 15.3. The fourth-order valence-corrected chi connectivity index (χ4v) is 5.39. The number of ether oxygens (including phenoxy) is 2. The molecule has 1 radical (unpaired) electrons. The standard InChI is InChI=1S/C28H56NO3/c1-8-12-14-16-18-20-22-31-28(32-23-21-19-17-15-13-9-2)24-26(6,10-3)29(30)27(7,11-4)25(28)5/h25H,8-24H2,1-7H3. The molecule has 0 saturated carbocycles. The smallest absolute Gasteiger partial charge is 0.174 e. The van der Waals surface area contributed by atoms with Crippen molar-refractivity contribution in [3.8, 4) is 0 Å². The predicted octanol–water partition coefficient (Wildman–Crippen LogP) is 8.46. The molecule has 4 nitrogen and oxygen atoms in total. The second-order valence-electron chi connectivity index (χ2n) is 10.8. The first-order valence-electron chi connectivity index (χ1n) is 14.0. The molecule has 1 heterocycles. The van der Waals surface area contributed by atoms with Crippen LogP contribution in [0.4, 0.5) is 0 Å². The molecule has 1 rings (SSSR count). The summed E-state index contributed by atoms with van der Waals surface area (Å²) >= 11 is 0. The highest BCUT2D eigenvalue weighted by molar-refractivity contribution is 5.07. The Morgan fingerprint density at radius 3 is 1.56 bits per heavy atom. The SMILES string of the molecule is CCCCCCCCOC1(OCCCCCCCC)CC(C)(CC)N([O])C(C)(CC)C1C. The Kier molecular flexibility index (Phi) is 14.0. The summed E-state index contributed by atoms with van der Waals surface area (Å²) in [5.41, 5.74) is -0.940. The van der Waals surface area contributed by atoms with Crippen LogP contribution in [0.1, 0.15) is 145 Å². The van der Waals surface area contributed by atoms with Gasteiger partial charge in [-0.1, -0.05) is 98.8 Å². The van der Waals surface area contributed by atoms with Gasteiger partial charge in [-0.05, 0) is 39.5 Å². The number of nitrogens with zero attached hydrogens (tertiary/aromatic N) is 1. The zero-order valence-corrected chi connectivity index (χ0v) is 22.8. The van der Waals surface area contributed by atoms with E-state index < -0.39 is 16.9 Å². The number of hydroxylamine groups is 2. The third-order valence-electron chi connectivity index (χ3n) is 8.34. The van der Waals surface area contributed by atoms with E-state index in [4.69, 9.17) is 9.47 Å². The fraction of sp³-hybridized carbons (Fsp3) is 1.00. The van der Waals surface area contributed by atoms with Gasteiger partial charge < -0.3 is 9.47 Å². The van der Waals surface area contributed by atoms with Gasteiger partial charge in [-0.3, -0.25) is 0 Å². The molecule has 1 saturated heterocycles. The molecule has 0 aromatic carbocycles. The average molecular weight is 455 g/mol. The van der Waals surface area contributed by atoms with Crippen molar-refractivity contribution in [2.75, 3.05) is 13.2 Å². The van der Waals surface area contributed by atoms with E-state index in [9.17, 15) is 5.21 Å². The molecule has 191 valence electrons. The first-order valence-corrected chi connectivity index (χ1v) is 14.0. The Morgan fingerprint density at radius 1 is 0.719 bits per heavy atom. The molecule has 1 aliphatic rings. The number of rotatable bonds is 18. The molecule has 3 unspecified atom stereocenters. The lowest BCUT2D eigenvalue weighted by Gasteiger charge is -2.60. The molecule has 1 aliphatic heterocycles. The van der Waals surface area contributed by atoms with Crippen molar-refractivity contribution in [1.29, 1.82) is 0 Å². The van der Waals surface area contributed by atoms with Gasteiger partial charge in [0, 0.05) is 12.3 Å². The number of unbranched alkanes of at least 4 members (excludes halogenated alkanes) is 10. The van der Waals surface area contributed by atoms with Gasteiger partial charge in [-0.15, -0.1) is 10.3 Å². The molecule has 0 N–H and O–H groups in total. The summed E-state index contributed by atoms with van der Waals surface area (Å²) in [7, 11) is 0. The highest BCUT2D eigenvalue weighted by Crippen LogP contribution is 2.51. The first kappa shape index (κ1) is 29.9. The number of hydrogen-bond donors (Lipinski definition) is 0. The van der Waals surface area contributed by atoms with Gasteiger partial charge in [0.1, 0.15) is 0 Å². The Labute approximate surface area is 200 Å². The second-order valence-corrected chi connectivity index (χ2v) is 10.8. The van der Waals surface area contributed by atoms with Crippen molar-refractivity contribution >= 4 is 0 Å². The summed E-state index contributed by atoms with van der Waals surface area (Å²) in [6.45, 7) is 16.6. The maximum absolute atomic E-state index is 13.5. The molecule has 0 spiro atoms. The van der Waals surface area contributed by atoms with Gasteiger partial charge in [0.05, 0.1) is 24.3 Å². The van der Waals surface area contributed by atoms with Crippen LogP contribution in [0.3, 0.4) is 0 Å². The zero-order chi connectivity index (χ0) is 24.1. The summed E-state index contributed by atoms with van der Waals surface area (Å²) < 4.78 is 13.4. The molecule has 1 fully saturated rings. The van der Waals surface area contributed by atoms with Crippen molar-refractivity contribution < 1.29 is 14.7 Å². The topological polar surface area (TPSA) is 41.6 Å². The van der Waals surface area contributed by atoms with E-state index in [-0.39, 0.29) is 5.92 Å². The minimum absolute atomic E-state index is 0.0253. The molecule has 0 aliphatic carbocycles. The number of hydrogen-bond acceptors (Lipinski definition) is 3. The zero-order valence-electron chi connectivity index (χ0n) is 22.8.